The largest absolute Gasteiger partial charge is 0.359 e. The van der Waals surface area contributed by atoms with Gasteiger partial charge < -0.3 is 5.32 Å². The van der Waals surface area contributed by atoms with Gasteiger partial charge in [-0.3, -0.25) is 30.1 Å². The van der Waals surface area contributed by atoms with Crippen LogP contribution in [0.2, 0.25) is 0 Å². The van der Waals surface area contributed by atoms with E-state index < -0.39 is 22.9 Å². The van der Waals surface area contributed by atoms with Crippen molar-refractivity contribution in [2.45, 2.75) is 6.17 Å². The predicted octanol–water partition coefficient (Wildman–Crippen LogP) is 2.90. The molecule has 2 N–H and O–H groups in total. The van der Waals surface area contributed by atoms with Crippen molar-refractivity contribution in [2.24, 2.45) is 0 Å². The Labute approximate surface area is 165 Å². The topological polar surface area (TPSA) is 117 Å². The molecule has 1 aliphatic rings. The maximum absolute atomic E-state index is 13.1. The number of hydrogen-bond acceptors (Lipinski definition) is 6. The summed E-state index contributed by atoms with van der Waals surface area (Å²) < 4.78 is 0. The Morgan fingerprint density at radius 3 is 2.52 bits per heavy atom. The van der Waals surface area contributed by atoms with Crippen molar-refractivity contribution in [1.29, 1.82) is 0 Å². The van der Waals surface area contributed by atoms with Gasteiger partial charge in [-0.1, -0.05) is 24.3 Å². The molecule has 4 rings (SSSR count). The second-order valence-corrected chi connectivity index (χ2v) is 6.26. The Balaban J connectivity index is 1.78. The third kappa shape index (κ3) is 3.36. The molecule has 1 aliphatic heterocycles. The second-order valence-electron chi connectivity index (χ2n) is 6.26. The lowest BCUT2D eigenvalue weighted by Gasteiger charge is -2.37. The summed E-state index contributed by atoms with van der Waals surface area (Å²) in [5.41, 5.74) is 3.82. The molecule has 1 atom stereocenters. The number of rotatable bonds is 4. The number of nitrogens with zero attached hydrogens (tertiary/aromatic N) is 3. The molecule has 9 heteroatoms. The fourth-order valence-corrected chi connectivity index (χ4v) is 3.15. The number of fused-ring (bicyclic) bond motifs is 1. The molecule has 1 aromatic heterocycles. The van der Waals surface area contributed by atoms with Crippen LogP contribution in [0.15, 0.2) is 73.1 Å². The number of nitrogens with one attached hydrogen (secondary N) is 2. The molecule has 0 fully saturated rings. The third-order valence-electron chi connectivity index (χ3n) is 4.52. The summed E-state index contributed by atoms with van der Waals surface area (Å²) in [5, 5.41) is 15.7. The lowest BCUT2D eigenvalue weighted by molar-refractivity contribution is -0.385. The Kier molecular flexibility index (Phi) is 4.62. The van der Waals surface area contributed by atoms with E-state index in [1.807, 2.05) is 0 Å². The van der Waals surface area contributed by atoms with Gasteiger partial charge in [0, 0.05) is 29.7 Å². The molecule has 0 radical (unpaired) electrons. The fraction of sp³-hybridized carbons (Fsp3) is 0.0500. The van der Waals surface area contributed by atoms with Crippen LogP contribution in [0.1, 0.15) is 32.4 Å². The molecule has 2 aromatic carbocycles. The molecule has 2 amide bonds. The molecule has 3 aromatic rings. The number of benzene rings is 2. The second kappa shape index (κ2) is 7.39. The van der Waals surface area contributed by atoms with Gasteiger partial charge in [0.15, 0.2) is 6.17 Å². The number of hydrogen-bond donors (Lipinski definition) is 2. The van der Waals surface area contributed by atoms with Crippen LogP contribution in [0.5, 0.6) is 0 Å². The van der Waals surface area contributed by atoms with E-state index in [1.165, 1.54) is 30.6 Å². The smallest absolute Gasteiger partial charge is 0.276 e. The molecular weight excluding hydrogens is 374 g/mol. The number of carbonyl (C=O) groups is 2. The molecule has 0 spiro atoms. The summed E-state index contributed by atoms with van der Waals surface area (Å²) in [6.45, 7) is 0. The first kappa shape index (κ1) is 18.1. The van der Waals surface area contributed by atoms with Crippen molar-refractivity contribution < 1.29 is 14.5 Å². The highest BCUT2D eigenvalue weighted by Crippen LogP contribution is 2.35. The lowest BCUT2D eigenvalue weighted by Crippen LogP contribution is -2.53. The van der Waals surface area contributed by atoms with Crippen LogP contribution in [0.4, 0.5) is 11.4 Å². The van der Waals surface area contributed by atoms with E-state index in [-0.39, 0.29) is 11.3 Å². The number of para-hydroxylation sites is 2. The first-order valence-corrected chi connectivity index (χ1v) is 8.69. The molecule has 0 bridgehead atoms. The van der Waals surface area contributed by atoms with Gasteiger partial charge >= 0.3 is 0 Å². The number of pyridine rings is 1. The predicted molar refractivity (Wildman–Crippen MR) is 104 cm³/mol. The van der Waals surface area contributed by atoms with Crippen LogP contribution in [-0.4, -0.2) is 26.7 Å². The summed E-state index contributed by atoms with van der Waals surface area (Å²) in [7, 11) is 0. The van der Waals surface area contributed by atoms with Gasteiger partial charge in [0.2, 0.25) is 0 Å². The fourth-order valence-electron chi connectivity index (χ4n) is 3.15. The first-order chi connectivity index (χ1) is 14.1. The zero-order chi connectivity index (χ0) is 20.4. The SMILES string of the molecule is O=C(NN1C(=O)c2ccccc2NC1c1ccccc1[N+](=O)[O-])c1ccncc1. The minimum absolute atomic E-state index is 0.166. The van der Waals surface area contributed by atoms with Gasteiger partial charge in [-0.05, 0) is 30.3 Å². The highest BCUT2D eigenvalue weighted by Gasteiger charge is 2.37. The molecule has 1 unspecified atom stereocenters. The van der Waals surface area contributed by atoms with Crippen molar-refractivity contribution in [1.82, 2.24) is 15.4 Å². The molecule has 29 heavy (non-hydrogen) atoms. The average Bonchev–Trinajstić information content (AvgIpc) is 2.76. The van der Waals surface area contributed by atoms with Crippen LogP contribution in [0.25, 0.3) is 0 Å². The monoisotopic (exact) mass is 389 g/mol. The van der Waals surface area contributed by atoms with Gasteiger partial charge in [-0.15, -0.1) is 0 Å². The zero-order valence-corrected chi connectivity index (χ0v) is 15.0. The van der Waals surface area contributed by atoms with Crippen molar-refractivity contribution >= 4 is 23.2 Å². The molecule has 0 saturated carbocycles. The summed E-state index contributed by atoms with van der Waals surface area (Å²) in [5.74, 6) is -1.02. The average molecular weight is 389 g/mol. The van der Waals surface area contributed by atoms with Gasteiger partial charge in [0.25, 0.3) is 17.5 Å². The number of aromatic nitrogens is 1. The number of carbonyl (C=O) groups excluding carboxylic acids is 2. The Hall–Kier alpha value is -4.27. The standard InChI is InChI=1S/C20H15N5O4/c26-19(13-9-11-21-12-10-13)23-24-18(15-6-2-4-8-17(15)25(28)29)22-16-7-3-1-5-14(16)20(24)27/h1-12,18,22H,(H,23,26). The summed E-state index contributed by atoms with van der Waals surface area (Å²) in [6.07, 6.45) is 1.95. The van der Waals surface area contributed by atoms with Crippen molar-refractivity contribution in [3.63, 3.8) is 0 Å². The van der Waals surface area contributed by atoms with E-state index in [9.17, 15) is 19.7 Å². The van der Waals surface area contributed by atoms with Crippen molar-refractivity contribution in [3.05, 3.63) is 99.9 Å². The highest BCUT2D eigenvalue weighted by molar-refractivity contribution is 6.04. The van der Waals surface area contributed by atoms with E-state index in [2.05, 4.69) is 15.7 Å². The van der Waals surface area contributed by atoms with Gasteiger partial charge in [-0.25, -0.2) is 5.01 Å². The van der Waals surface area contributed by atoms with E-state index in [4.69, 9.17) is 0 Å². The first-order valence-electron chi connectivity index (χ1n) is 8.69. The summed E-state index contributed by atoms with van der Waals surface area (Å²) in [4.78, 5) is 40.7. The minimum atomic E-state index is -0.968. The van der Waals surface area contributed by atoms with E-state index in [0.29, 0.717) is 16.8 Å². The molecule has 9 nitrogen and oxygen atoms in total. The number of anilines is 1. The summed E-state index contributed by atoms with van der Waals surface area (Å²) in [6, 6.07) is 15.9. The quantitative estimate of drug-likeness (QED) is 0.523. The van der Waals surface area contributed by atoms with Crippen LogP contribution in [0, 0.1) is 10.1 Å². The lowest BCUT2D eigenvalue weighted by atomic mass is 10.0. The van der Waals surface area contributed by atoms with Gasteiger partial charge in [-0.2, -0.15) is 0 Å². The Morgan fingerprint density at radius 2 is 1.76 bits per heavy atom. The van der Waals surface area contributed by atoms with E-state index in [1.54, 1.807) is 42.5 Å². The minimum Gasteiger partial charge on any atom is -0.359 e. The van der Waals surface area contributed by atoms with Gasteiger partial charge in [0.1, 0.15) is 0 Å². The molecular formula is C20H15N5O4. The molecule has 2 heterocycles. The maximum atomic E-state index is 13.1. The molecule has 144 valence electrons. The number of nitro groups is 1. The zero-order valence-electron chi connectivity index (χ0n) is 15.0. The highest BCUT2D eigenvalue weighted by atomic mass is 16.6. The molecule has 0 aliphatic carbocycles. The van der Waals surface area contributed by atoms with E-state index >= 15 is 0 Å². The van der Waals surface area contributed by atoms with Crippen LogP contribution in [0.3, 0.4) is 0 Å². The number of amides is 2. The van der Waals surface area contributed by atoms with Crippen LogP contribution < -0.4 is 10.7 Å². The Morgan fingerprint density at radius 1 is 1.07 bits per heavy atom. The normalized spacial score (nSPS) is 15.2. The summed E-state index contributed by atoms with van der Waals surface area (Å²) >= 11 is 0. The Bertz CT molecular complexity index is 1100. The van der Waals surface area contributed by atoms with Crippen LogP contribution in [-0.2, 0) is 0 Å². The third-order valence-corrected chi connectivity index (χ3v) is 4.52. The van der Waals surface area contributed by atoms with Crippen molar-refractivity contribution in [2.75, 3.05) is 5.32 Å². The maximum Gasteiger partial charge on any atom is 0.276 e. The van der Waals surface area contributed by atoms with Crippen molar-refractivity contribution in [3.8, 4) is 0 Å². The van der Waals surface area contributed by atoms with Gasteiger partial charge in [0.05, 0.1) is 16.1 Å². The van der Waals surface area contributed by atoms with E-state index in [0.717, 1.165) is 5.01 Å². The number of hydrazine groups is 1. The molecule has 0 saturated heterocycles. The van der Waals surface area contributed by atoms with Crippen LogP contribution >= 0.6 is 0 Å². The number of nitro benzene ring substituents is 1.